The predicted octanol–water partition coefficient (Wildman–Crippen LogP) is 1.68. The van der Waals surface area contributed by atoms with Crippen LogP contribution in [0.4, 0.5) is 0 Å². The monoisotopic (exact) mass is 248 g/mol. The van der Waals surface area contributed by atoms with Crippen molar-refractivity contribution in [3.63, 3.8) is 0 Å². The molecule has 2 atom stereocenters. The van der Waals surface area contributed by atoms with Crippen LogP contribution in [0.2, 0.25) is 0 Å². The van der Waals surface area contributed by atoms with Crippen LogP contribution < -0.4 is 5.32 Å². The molecule has 1 saturated heterocycles. The summed E-state index contributed by atoms with van der Waals surface area (Å²) in [4.78, 5) is 2.51. The van der Waals surface area contributed by atoms with Crippen LogP contribution in [0.1, 0.15) is 32.9 Å². The van der Waals surface area contributed by atoms with Crippen molar-refractivity contribution < 1.29 is 0 Å². The van der Waals surface area contributed by atoms with Crippen LogP contribution in [0.3, 0.4) is 0 Å². The van der Waals surface area contributed by atoms with E-state index in [2.05, 4.69) is 47.3 Å². The van der Waals surface area contributed by atoms with Gasteiger partial charge >= 0.3 is 0 Å². The van der Waals surface area contributed by atoms with Gasteiger partial charge < -0.3 is 5.32 Å². The van der Waals surface area contributed by atoms with E-state index in [1.54, 1.807) is 6.20 Å². The maximum absolute atomic E-state index is 4.18. The molecule has 1 aliphatic rings. The minimum absolute atomic E-state index is 0.565. The Balaban J connectivity index is 1.93. The lowest BCUT2D eigenvalue weighted by Gasteiger charge is -2.39. The van der Waals surface area contributed by atoms with Crippen molar-refractivity contribution >= 4 is 0 Å². The molecular formula is C14H24N4. The van der Waals surface area contributed by atoms with Crippen LogP contribution in [0.15, 0.2) is 18.3 Å². The van der Waals surface area contributed by atoms with Crippen molar-refractivity contribution in [3.05, 3.63) is 24.0 Å². The fourth-order valence-corrected chi connectivity index (χ4v) is 2.57. The van der Waals surface area contributed by atoms with Crippen LogP contribution in [0.5, 0.6) is 0 Å². The molecule has 0 aromatic carbocycles. The highest BCUT2D eigenvalue weighted by Gasteiger charge is 2.25. The Labute approximate surface area is 110 Å². The lowest BCUT2D eigenvalue weighted by molar-refractivity contribution is 0.123. The minimum Gasteiger partial charge on any atom is -0.311 e. The second-order valence-electron chi connectivity index (χ2n) is 5.73. The zero-order valence-corrected chi connectivity index (χ0v) is 11.6. The Morgan fingerprint density at radius 2 is 2.33 bits per heavy atom. The van der Waals surface area contributed by atoms with Crippen molar-refractivity contribution in [2.45, 2.75) is 45.8 Å². The van der Waals surface area contributed by atoms with Crippen molar-refractivity contribution in [2.24, 2.45) is 5.92 Å². The fourth-order valence-electron chi connectivity index (χ4n) is 2.57. The number of nitrogens with zero attached hydrogens (tertiary/aromatic N) is 3. The van der Waals surface area contributed by atoms with Gasteiger partial charge in [-0.1, -0.05) is 13.8 Å². The van der Waals surface area contributed by atoms with Gasteiger partial charge in [0.1, 0.15) is 0 Å². The first kappa shape index (κ1) is 13.4. The van der Waals surface area contributed by atoms with Gasteiger partial charge in [-0.2, -0.15) is 10.2 Å². The van der Waals surface area contributed by atoms with Gasteiger partial charge in [0.05, 0.1) is 5.69 Å². The normalized spacial score (nSPS) is 25.6. The Bertz CT molecular complexity index is 352. The number of hydrogen-bond acceptors (Lipinski definition) is 4. The van der Waals surface area contributed by atoms with Gasteiger partial charge in [-0.15, -0.1) is 0 Å². The molecule has 1 N–H and O–H groups in total. The largest absolute Gasteiger partial charge is 0.311 e. The van der Waals surface area contributed by atoms with E-state index < -0.39 is 0 Å². The van der Waals surface area contributed by atoms with E-state index in [-0.39, 0.29) is 0 Å². The van der Waals surface area contributed by atoms with Gasteiger partial charge in [0.25, 0.3) is 0 Å². The Hall–Kier alpha value is -1.00. The molecule has 0 amide bonds. The van der Waals surface area contributed by atoms with Crippen molar-refractivity contribution in [2.75, 3.05) is 13.1 Å². The van der Waals surface area contributed by atoms with Gasteiger partial charge in [0, 0.05) is 37.9 Å². The first-order chi connectivity index (χ1) is 8.65. The quantitative estimate of drug-likeness (QED) is 0.880. The molecule has 0 aliphatic carbocycles. The molecule has 0 saturated carbocycles. The molecule has 0 spiro atoms. The van der Waals surface area contributed by atoms with Gasteiger partial charge in [-0.3, -0.25) is 4.90 Å². The molecule has 0 bridgehead atoms. The maximum Gasteiger partial charge on any atom is 0.0771 e. The average molecular weight is 248 g/mol. The minimum atomic E-state index is 0.565. The fraction of sp³-hybridized carbons (Fsp3) is 0.714. The van der Waals surface area contributed by atoms with Crippen LogP contribution >= 0.6 is 0 Å². The van der Waals surface area contributed by atoms with Crippen LogP contribution in [0, 0.1) is 5.92 Å². The number of rotatable bonds is 4. The second kappa shape index (κ2) is 6.25. The van der Waals surface area contributed by atoms with Gasteiger partial charge in [-0.05, 0) is 31.4 Å². The highest BCUT2D eigenvalue weighted by Crippen LogP contribution is 2.15. The zero-order chi connectivity index (χ0) is 13.0. The molecule has 100 valence electrons. The van der Waals surface area contributed by atoms with Crippen molar-refractivity contribution in [1.82, 2.24) is 20.4 Å². The van der Waals surface area contributed by atoms with Crippen LogP contribution in [-0.2, 0) is 6.54 Å². The summed E-state index contributed by atoms with van der Waals surface area (Å²) in [5, 5.41) is 11.8. The molecule has 4 nitrogen and oxygen atoms in total. The van der Waals surface area contributed by atoms with Crippen molar-refractivity contribution in [3.8, 4) is 0 Å². The molecule has 1 aromatic rings. The van der Waals surface area contributed by atoms with E-state index in [1.807, 2.05) is 6.07 Å². The molecule has 1 fully saturated rings. The topological polar surface area (TPSA) is 41.1 Å². The molecule has 4 heteroatoms. The lowest BCUT2D eigenvalue weighted by Crippen LogP contribution is -2.55. The zero-order valence-electron chi connectivity index (χ0n) is 11.6. The lowest BCUT2D eigenvalue weighted by atomic mass is 10.00. The molecular weight excluding hydrogens is 224 g/mol. The highest BCUT2D eigenvalue weighted by molar-refractivity contribution is 5.00. The number of aromatic nitrogens is 2. The van der Waals surface area contributed by atoms with E-state index in [9.17, 15) is 0 Å². The van der Waals surface area contributed by atoms with E-state index in [4.69, 9.17) is 0 Å². The predicted molar refractivity (Wildman–Crippen MR) is 73.1 cm³/mol. The Kier molecular flexibility index (Phi) is 4.66. The summed E-state index contributed by atoms with van der Waals surface area (Å²) in [6.45, 7) is 9.92. The maximum atomic E-state index is 4.18. The van der Waals surface area contributed by atoms with Crippen LogP contribution in [0.25, 0.3) is 0 Å². The van der Waals surface area contributed by atoms with Gasteiger partial charge in [0.15, 0.2) is 0 Å². The number of hydrogen-bond donors (Lipinski definition) is 1. The molecule has 2 unspecified atom stereocenters. The summed E-state index contributed by atoms with van der Waals surface area (Å²) in [6.07, 6.45) is 2.97. The van der Waals surface area contributed by atoms with E-state index in [0.717, 1.165) is 31.2 Å². The third-order valence-corrected chi connectivity index (χ3v) is 3.53. The summed E-state index contributed by atoms with van der Waals surface area (Å²) in [7, 11) is 0. The Morgan fingerprint density at radius 3 is 3.00 bits per heavy atom. The smallest absolute Gasteiger partial charge is 0.0771 e. The van der Waals surface area contributed by atoms with Gasteiger partial charge in [-0.25, -0.2) is 0 Å². The molecule has 0 radical (unpaired) electrons. The molecule has 1 aliphatic heterocycles. The highest BCUT2D eigenvalue weighted by atomic mass is 15.2. The number of nitrogens with one attached hydrogen (secondary N) is 1. The first-order valence-electron chi connectivity index (χ1n) is 6.89. The Morgan fingerprint density at radius 1 is 1.50 bits per heavy atom. The average Bonchev–Trinajstić information content (AvgIpc) is 2.34. The SMILES string of the molecule is CC(C)CC1CN(Cc2cccnn2)C(C)CN1. The molecule has 18 heavy (non-hydrogen) atoms. The summed E-state index contributed by atoms with van der Waals surface area (Å²) >= 11 is 0. The summed E-state index contributed by atoms with van der Waals surface area (Å²) < 4.78 is 0. The molecule has 1 aromatic heterocycles. The standard InChI is InChI=1S/C14H24N4/c1-11(2)7-14-10-18(12(3)8-15-14)9-13-5-4-6-16-17-13/h4-6,11-12,14-15H,7-10H2,1-3H3. The van der Waals surface area contributed by atoms with Crippen molar-refractivity contribution in [1.29, 1.82) is 0 Å². The van der Waals surface area contributed by atoms with E-state index in [1.165, 1.54) is 6.42 Å². The second-order valence-corrected chi connectivity index (χ2v) is 5.73. The van der Waals surface area contributed by atoms with E-state index >= 15 is 0 Å². The third-order valence-electron chi connectivity index (χ3n) is 3.53. The summed E-state index contributed by atoms with van der Waals surface area (Å²) in [5.41, 5.74) is 1.06. The van der Waals surface area contributed by atoms with Crippen LogP contribution in [-0.4, -0.2) is 40.3 Å². The summed E-state index contributed by atoms with van der Waals surface area (Å²) in [6, 6.07) is 5.19. The third kappa shape index (κ3) is 3.75. The molecule has 2 rings (SSSR count). The first-order valence-corrected chi connectivity index (χ1v) is 6.89. The van der Waals surface area contributed by atoms with E-state index in [0.29, 0.717) is 12.1 Å². The van der Waals surface area contributed by atoms with Gasteiger partial charge in [0.2, 0.25) is 0 Å². The summed E-state index contributed by atoms with van der Waals surface area (Å²) in [5.74, 6) is 0.745. The molecule has 2 heterocycles. The number of piperazine rings is 1.